The molecule has 0 heterocycles. The summed E-state index contributed by atoms with van der Waals surface area (Å²) in [5.74, 6) is -1.81. The second-order valence-corrected chi connectivity index (χ2v) is 6.10. The lowest BCUT2D eigenvalue weighted by molar-refractivity contribution is -0.385. The second kappa shape index (κ2) is 9.11. The van der Waals surface area contributed by atoms with Gasteiger partial charge in [-0.25, -0.2) is 4.79 Å². The van der Waals surface area contributed by atoms with Crippen molar-refractivity contribution < 1.29 is 24.4 Å². The predicted octanol–water partition coefficient (Wildman–Crippen LogP) is 3.47. The van der Waals surface area contributed by atoms with Gasteiger partial charge in [0.05, 0.1) is 27.8 Å². The van der Waals surface area contributed by atoms with Gasteiger partial charge in [-0.15, -0.1) is 0 Å². The number of hydrogen-bond donors (Lipinski definition) is 3. The van der Waals surface area contributed by atoms with Crippen molar-refractivity contribution in [2.24, 2.45) is 0 Å². The third-order valence-electron chi connectivity index (χ3n) is 3.41. The fraction of sp³-hybridized carbons (Fsp3) is 0.118. The van der Waals surface area contributed by atoms with Crippen molar-refractivity contribution in [1.82, 2.24) is 5.32 Å². The number of amides is 1. The first kappa shape index (κ1) is 21.1. The zero-order valence-electron chi connectivity index (χ0n) is 14.4. The maximum absolute atomic E-state index is 12.3. The molecule has 0 radical (unpaired) electrons. The number of carbonyl (C=O) groups is 2. The van der Waals surface area contributed by atoms with Gasteiger partial charge in [0.25, 0.3) is 5.91 Å². The zero-order valence-corrected chi connectivity index (χ0v) is 16.0. The van der Waals surface area contributed by atoms with Crippen molar-refractivity contribution in [3.8, 4) is 5.75 Å². The van der Waals surface area contributed by atoms with Gasteiger partial charge in [-0.3, -0.25) is 20.2 Å². The Morgan fingerprint density at radius 2 is 1.93 bits per heavy atom. The number of benzene rings is 2. The first-order valence-corrected chi connectivity index (χ1v) is 8.58. The van der Waals surface area contributed by atoms with E-state index in [2.05, 4.69) is 10.6 Å². The Kier molecular flexibility index (Phi) is 6.85. The SMILES string of the molecule is CCOc1ccc(C(=O)NC(=S)Nc2cc(C(=O)O)ccc2Cl)cc1[N+](=O)[O-]. The molecule has 1 amide bonds. The minimum absolute atomic E-state index is 0.00955. The Bertz CT molecular complexity index is 966. The molecule has 28 heavy (non-hydrogen) atoms. The minimum atomic E-state index is -1.16. The van der Waals surface area contributed by atoms with Crippen molar-refractivity contribution >= 4 is 52.2 Å². The minimum Gasteiger partial charge on any atom is -0.487 e. The number of nitrogens with one attached hydrogen (secondary N) is 2. The lowest BCUT2D eigenvalue weighted by atomic mass is 10.1. The molecule has 0 unspecified atom stereocenters. The molecule has 2 rings (SSSR count). The molecule has 2 aromatic rings. The number of hydrogen-bond acceptors (Lipinski definition) is 6. The first-order chi connectivity index (χ1) is 13.2. The number of nitro groups is 1. The quantitative estimate of drug-likeness (QED) is 0.365. The molecule has 146 valence electrons. The van der Waals surface area contributed by atoms with Gasteiger partial charge < -0.3 is 15.2 Å². The van der Waals surface area contributed by atoms with Crippen LogP contribution in [0, 0.1) is 10.1 Å². The number of nitrogens with zero attached hydrogens (tertiary/aromatic N) is 1. The highest BCUT2D eigenvalue weighted by Gasteiger charge is 2.19. The maximum atomic E-state index is 12.3. The second-order valence-electron chi connectivity index (χ2n) is 5.28. The number of carbonyl (C=O) groups excluding carboxylic acids is 1. The van der Waals surface area contributed by atoms with Crippen LogP contribution < -0.4 is 15.4 Å². The van der Waals surface area contributed by atoms with Crippen molar-refractivity contribution in [3.05, 3.63) is 62.7 Å². The molecule has 0 aliphatic rings. The van der Waals surface area contributed by atoms with Crippen LogP contribution in [0.4, 0.5) is 11.4 Å². The predicted molar refractivity (Wildman–Crippen MR) is 106 cm³/mol. The molecule has 0 fully saturated rings. The number of ether oxygens (including phenoxy) is 1. The van der Waals surface area contributed by atoms with Gasteiger partial charge in [0.2, 0.25) is 0 Å². The average molecular weight is 424 g/mol. The third kappa shape index (κ3) is 5.15. The van der Waals surface area contributed by atoms with Gasteiger partial charge in [0.1, 0.15) is 0 Å². The average Bonchev–Trinajstić information content (AvgIpc) is 2.63. The molecule has 0 spiro atoms. The smallest absolute Gasteiger partial charge is 0.335 e. The monoisotopic (exact) mass is 423 g/mol. The van der Waals surface area contributed by atoms with Crippen molar-refractivity contribution in [2.75, 3.05) is 11.9 Å². The van der Waals surface area contributed by atoms with Crippen LogP contribution >= 0.6 is 23.8 Å². The van der Waals surface area contributed by atoms with E-state index in [1.807, 2.05) is 0 Å². The first-order valence-electron chi connectivity index (χ1n) is 7.79. The van der Waals surface area contributed by atoms with E-state index in [0.717, 1.165) is 6.07 Å². The summed E-state index contributed by atoms with van der Waals surface area (Å²) in [7, 11) is 0. The number of carboxylic acid groups (broad SMARTS) is 1. The lowest BCUT2D eigenvalue weighted by Crippen LogP contribution is -2.34. The standard InChI is InChI=1S/C17H14ClN3O6S/c1-2-27-14-6-4-9(8-13(14)21(25)26)15(22)20-17(28)19-12-7-10(16(23)24)3-5-11(12)18/h3-8H,2H2,1H3,(H,23,24)(H2,19,20,22,28). The summed E-state index contributed by atoms with van der Waals surface area (Å²) in [5.41, 5.74) is -0.206. The molecule has 0 aliphatic heterocycles. The van der Waals surface area contributed by atoms with Crippen LogP contribution in [0.15, 0.2) is 36.4 Å². The van der Waals surface area contributed by atoms with Crippen LogP contribution in [0.2, 0.25) is 5.02 Å². The molecule has 0 atom stereocenters. The van der Waals surface area contributed by atoms with Gasteiger partial charge in [-0.05, 0) is 49.5 Å². The topological polar surface area (TPSA) is 131 Å². The largest absolute Gasteiger partial charge is 0.487 e. The molecule has 0 aromatic heterocycles. The zero-order chi connectivity index (χ0) is 20.8. The number of aromatic carboxylic acids is 1. The highest BCUT2D eigenvalue weighted by Crippen LogP contribution is 2.28. The fourth-order valence-corrected chi connectivity index (χ4v) is 2.53. The summed E-state index contributed by atoms with van der Waals surface area (Å²) in [6, 6.07) is 7.68. The molecule has 0 saturated heterocycles. The number of thiocarbonyl (C=S) groups is 1. The van der Waals surface area contributed by atoms with E-state index in [9.17, 15) is 19.7 Å². The van der Waals surface area contributed by atoms with Crippen molar-refractivity contribution in [2.45, 2.75) is 6.92 Å². The van der Waals surface area contributed by atoms with Crippen LogP contribution in [0.3, 0.4) is 0 Å². The van der Waals surface area contributed by atoms with Crippen LogP contribution in [-0.4, -0.2) is 33.6 Å². The van der Waals surface area contributed by atoms with Gasteiger partial charge in [0, 0.05) is 11.6 Å². The Morgan fingerprint density at radius 3 is 2.54 bits per heavy atom. The van der Waals surface area contributed by atoms with Gasteiger partial charge in [0.15, 0.2) is 10.9 Å². The van der Waals surface area contributed by atoms with Crippen LogP contribution in [-0.2, 0) is 0 Å². The van der Waals surface area contributed by atoms with E-state index in [1.54, 1.807) is 6.92 Å². The summed E-state index contributed by atoms with van der Waals surface area (Å²) in [5, 5.41) is 25.2. The molecule has 0 aliphatic carbocycles. The number of nitro benzene ring substituents is 1. The van der Waals surface area contributed by atoms with Crippen LogP contribution in [0.1, 0.15) is 27.6 Å². The summed E-state index contributed by atoms with van der Waals surface area (Å²) in [6.45, 7) is 1.91. The Balaban J connectivity index is 2.16. The fourth-order valence-electron chi connectivity index (χ4n) is 2.16. The number of anilines is 1. The molecule has 9 nitrogen and oxygen atoms in total. The summed E-state index contributed by atoms with van der Waals surface area (Å²) in [6.07, 6.45) is 0. The van der Waals surface area contributed by atoms with E-state index in [-0.39, 0.29) is 45.0 Å². The lowest BCUT2D eigenvalue weighted by Gasteiger charge is -2.12. The van der Waals surface area contributed by atoms with Gasteiger partial charge in [-0.1, -0.05) is 11.6 Å². The van der Waals surface area contributed by atoms with Crippen molar-refractivity contribution in [3.63, 3.8) is 0 Å². The molecular weight excluding hydrogens is 410 g/mol. The van der Waals surface area contributed by atoms with E-state index >= 15 is 0 Å². The van der Waals surface area contributed by atoms with E-state index < -0.39 is 16.8 Å². The summed E-state index contributed by atoms with van der Waals surface area (Å²) < 4.78 is 5.16. The van der Waals surface area contributed by atoms with Gasteiger partial charge in [-0.2, -0.15) is 0 Å². The normalized spacial score (nSPS) is 10.1. The molecule has 3 N–H and O–H groups in total. The summed E-state index contributed by atoms with van der Waals surface area (Å²) in [4.78, 5) is 33.9. The molecule has 11 heteroatoms. The van der Waals surface area contributed by atoms with E-state index in [0.29, 0.717) is 0 Å². The Labute approximate surface area is 169 Å². The molecule has 0 saturated carbocycles. The van der Waals surface area contributed by atoms with E-state index in [1.165, 1.54) is 30.3 Å². The van der Waals surface area contributed by atoms with E-state index in [4.69, 9.17) is 33.7 Å². The molecule has 0 bridgehead atoms. The Morgan fingerprint density at radius 1 is 1.25 bits per heavy atom. The third-order valence-corrected chi connectivity index (χ3v) is 3.94. The molecule has 2 aromatic carbocycles. The van der Waals surface area contributed by atoms with Crippen LogP contribution in [0.5, 0.6) is 5.75 Å². The highest BCUT2D eigenvalue weighted by molar-refractivity contribution is 7.80. The van der Waals surface area contributed by atoms with Gasteiger partial charge >= 0.3 is 11.7 Å². The highest BCUT2D eigenvalue weighted by atomic mass is 35.5. The maximum Gasteiger partial charge on any atom is 0.335 e. The Hall–Kier alpha value is -3.24. The van der Waals surface area contributed by atoms with Crippen LogP contribution in [0.25, 0.3) is 0 Å². The molecular formula is C17H14ClN3O6S. The number of rotatable bonds is 6. The number of halogens is 1. The van der Waals surface area contributed by atoms with Crippen molar-refractivity contribution in [1.29, 1.82) is 0 Å². The summed E-state index contributed by atoms with van der Waals surface area (Å²) >= 11 is 11.0. The number of carboxylic acids is 1.